The number of rotatable bonds is 9. The van der Waals surface area contributed by atoms with E-state index in [1.165, 1.54) is 11.8 Å². The Morgan fingerprint density at radius 3 is 2.62 bits per heavy atom. The molecule has 0 fully saturated rings. The van der Waals surface area contributed by atoms with E-state index in [9.17, 15) is 4.79 Å². The Bertz CT molecular complexity index is 1180. The largest absolute Gasteiger partial charge is 0.493 e. The van der Waals surface area contributed by atoms with Crippen molar-refractivity contribution in [3.8, 4) is 5.75 Å². The number of fused-ring (bicyclic) bond motifs is 1. The maximum absolute atomic E-state index is 12.5. The number of amides is 1. The van der Waals surface area contributed by atoms with Crippen molar-refractivity contribution in [2.75, 3.05) is 6.61 Å². The number of imidazole rings is 1. The first-order valence-electron chi connectivity index (χ1n) is 11.1. The molecule has 4 rings (SSSR count). The molecule has 0 aliphatic carbocycles. The van der Waals surface area contributed by atoms with Crippen molar-refractivity contribution in [1.29, 1.82) is 0 Å². The van der Waals surface area contributed by atoms with Gasteiger partial charge in [-0.1, -0.05) is 44.2 Å². The zero-order valence-electron chi connectivity index (χ0n) is 18.7. The number of hydrogen-bond donors (Lipinski definition) is 1. The summed E-state index contributed by atoms with van der Waals surface area (Å²) in [4.78, 5) is 17.3. The second kappa shape index (κ2) is 9.73. The number of para-hydroxylation sites is 3. The highest BCUT2D eigenvalue weighted by Crippen LogP contribution is 2.26. The monoisotopic (exact) mass is 431 g/mol. The van der Waals surface area contributed by atoms with Crippen LogP contribution in [0.1, 0.15) is 61.1 Å². The Kier molecular flexibility index (Phi) is 6.59. The van der Waals surface area contributed by atoms with Crippen molar-refractivity contribution in [3.63, 3.8) is 0 Å². The number of furan rings is 1. The van der Waals surface area contributed by atoms with E-state index in [2.05, 4.69) is 35.9 Å². The molecule has 6 heteroatoms. The molecule has 2 aromatic carbocycles. The number of nitrogens with one attached hydrogen (secondary N) is 1. The van der Waals surface area contributed by atoms with Crippen LogP contribution in [0, 0.1) is 0 Å². The normalized spacial score (nSPS) is 12.2. The van der Waals surface area contributed by atoms with Gasteiger partial charge in [-0.05, 0) is 55.2 Å². The van der Waals surface area contributed by atoms with E-state index in [1.807, 2.05) is 43.3 Å². The summed E-state index contributed by atoms with van der Waals surface area (Å²) < 4.78 is 13.5. The molecule has 0 bridgehead atoms. The average molecular weight is 432 g/mol. The minimum Gasteiger partial charge on any atom is -0.493 e. The molecule has 0 aliphatic rings. The zero-order chi connectivity index (χ0) is 22.5. The molecule has 0 radical (unpaired) electrons. The lowest BCUT2D eigenvalue weighted by atomic mass is 10.0. The quantitative estimate of drug-likeness (QED) is 0.345. The molecule has 1 atom stereocenters. The van der Waals surface area contributed by atoms with Crippen molar-refractivity contribution in [2.45, 2.75) is 45.7 Å². The van der Waals surface area contributed by atoms with Gasteiger partial charge in [0.2, 0.25) is 0 Å². The number of carbonyl (C=O) groups is 1. The van der Waals surface area contributed by atoms with Crippen molar-refractivity contribution in [3.05, 3.63) is 84.1 Å². The molecule has 4 aromatic rings. The van der Waals surface area contributed by atoms with Crippen LogP contribution in [-0.2, 0) is 6.54 Å². The molecule has 0 spiro atoms. The van der Waals surface area contributed by atoms with Crippen LogP contribution in [0.2, 0.25) is 0 Å². The van der Waals surface area contributed by atoms with Crippen molar-refractivity contribution >= 4 is 16.9 Å². The van der Waals surface area contributed by atoms with Crippen LogP contribution in [0.25, 0.3) is 11.0 Å². The molecule has 0 saturated heterocycles. The van der Waals surface area contributed by atoms with Crippen LogP contribution < -0.4 is 10.1 Å². The lowest BCUT2D eigenvalue weighted by molar-refractivity contribution is 0.0909. The number of aryl methyl sites for hydroxylation is 1. The minimum absolute atomic E-state index is 0.255. The standard InChI is InChI=1S/C26H29N3O3/c1-18(2)20-10-4-7-13-23(20)31-17-9-15-29-22-12-6-5-11-21(22)28-25(29)19(3)27-26(30)24-14-8-16-32-24/h4-8,10-14,16,18-19H,9,15,17H2,1-3H3,(H,27,30). The van der Waals surface area contributed by atoms with Gasteiger partial charge in [-0.25, -0.2) is 4.98 Å². The van der Waals surface area contributed by atoms with Gasteiger partial charge in [0.15, 0.2) is 5.76 Å². The highest BCUT2D eigenvalue weighted by molar-refractivity contribution is 5.91. The first-order valence-corrected chi connectivity index (χ1v) is 11.1. The lowest BCUT2D eigenvalue weighted by Crippen LogP contribution is -2.28. The van der Waals surface area contributed by atoms with E-state index in [1.54, 1.807) is 12.1 Å². The second-order valence-electron chi connectivity index (χ2n) is 8.18. The zero-order valence-corrected chi connectivity index (χ0v) is 18.7. The molecule has 32 heavy (non-hydrogen) atoms. The molecule has 6 nitrogen and oxygen atoms in total. The molecule has 166 valence electrons. The van der Waals surface area contributed by atoms with Gasteiger partial charge in [0, 0.05) is 6.54 Å². The molecular weight excluding hydrogens is 402 g/mol. The third-order valence-corrected chi connectivity index (χ3v) is 5.49. The number of hydrogen-bond acceptors (Lipinski definition) is 4. The van der Waals surface area contributed by atoms with Crippen LogP contribution in [0.3, 0.4) is 0 Å². The summed E-state index contributed by atoms with van der Waals surface area (Å²) >= 11 is 0. The van der Waals surface area contributed by atoms with Gasteiger partial charge < -0.3 is 19.0 Å². The summed E-state index contributed by atoms with van der Waals surface area (Å²) in [5.41, 5.74) is 3.17. The van der Waals surface area contributed by atoms with Crippen LogP contribution in [0.5, 0.6) is 5.75 Å². The number of nitrogens with zero attached hydrogens (tertiary/aromatic N) is 2. The third-order valence-electron chi connectivity index (χ3n) is 5.49. The molecule has 0 saturated carbocycles. The Hall–Kier alpha value is -3.54. The molecule has 2 aromatic heterocycles. The number of carbonyl (C=O) groups excluding carboxylic acids is 1. The smallest absolute Gasteiger partial charge is 0.287 e. The van der Waals surface area contributed by atoms with Gasteiger partial charge in [-0.3, -0.25) is 4.79 Å². The summed E-state index contributed by atoms with van der Waals surface area (Å²) in [7, 11) is 0. The van der Waals surface area contributed by atoms with Crippen molar-refractivity contribution in [1.82, 2.24) is 14.9 Å². The SMILES string of the molecule is CC(C)c1ccccc1OCCCn1c(C(C)NC(=O)c2ccco2)nc2ccccc21. The first kappa shape index (κ1) is 21.7. The first-order chi connectivity index (χ1) is 15.5. The minimum atomic E-state index is -0.275. The molecule has 2 heterocycles. The predicted molar refractivity (Wildman–Crippen MR) is 125 cm³/mol. The average Bonchev–Trinajstić information content (AvgIpc) is 3.45. The van der Waals surface area contributed by atoms with E-state index in [0.717, 1.165) is 35.6 Å². The fourth-order valence-electron chi connectivity index (χ4n) is 3.89. The Labute approximate surface area is 188 Å². The Morgan fingerprint density at radius 1 is 1.06 bits per heavy atom. The second-order valence-corrected chi connectivity index (χ2v) is 8.18. The summed E-state index contributed by atoms with van der Waals surface area (Å²) in [5.74, 6) is 2.20. The van der Waals surface area contributed by atoms with Gasteiger partial charge in [-0.15, -0.1) is 0 Å². The molecule has 1 amide bonds. The summed E-state index contributed by atoms with van der Waals surface area (Å²) in [6.45, 7) is 7.62. The van der Waals surface area contributed by atoms with Gasteiger partial charge in [0.1, 0.15) is 11.6 Å². The topological polar surface area (TPSA) is 69.3 Å². The highest BCUT2D eigenvalue weighted by Gasteiger charge is 2.20. The maximum atomic E-state index is 12.5. The van der Waals surface area contributed by atoms with E-state index >= 15 is 0 Å². The molecule has 0 aliphatic heterocycles. The van der Waals surface area contributed by atoms with Gasteiger partial charge in [0.05, 0.1) is 29.9 Å². The molecule has 1 N–H and O–H groups in total. The van der Waals surface area contributed by atoms with Gasteiger partial charge in [-0.2, -0.15) is 0 Å². The maximum Gasteiger partial charge on any atom is 0.287 e. The fraction of sp³-hybridized carbons (Fsp3) is 0.308. The highest BCUT2D eigenvalue weighted by atomic mass is 16.5. The molecular formula is C26H29N3O3. The Morgan fingerprint density at radius 2 is 1.84 bits per heavy atom. The molecule has 1 unspecified atom stereocenters. The fourth-order valence-corrected chi connectivity index (χ4v) is 3.89. The van der Waals surface area contributed by atoms with Gasteiger partial charge in [0.25, 0.3) is 5.91 Å². The van der Waals surface area contributed by atoms with Crippen LogP contribution in [0.15, 0.2) is 71.3 Å². The predicted octanol–water partition coefficient (Wildman–Crippen LogP) is 5.71. The summed E-state index contributed by atoms with van der Waals surface area (Å²) in [6.07, 6.45) is 2.31. The van der Waals surface area contributed by atoms with Crippen LogP contribution >= 0.6 is 0 Å². The summed E-state index contributed by atoms with van der Waals surface area (Å²) in [5, 5.41) is 2.99. The van der Waals surface area contributed by atoms with Crippen molar-refractivity contribution < 1.29 is 13.9 Å². The summed E-state index contributed by atoms with van der Waals surface area (Å²) in [6, 6.07) is 19.3. The van der Waals surface area contributed by atoms with Crippen LogP contribution in [-0.4, -0.2) is 22.1 Å². The van der Waals surface area contributed by atoms with E-state index in [-0.39, 0.29) is 17.7 Å². The lowest BCUT2D eigenvalue weighted by Gasteiger charge is -2.17. The van der Waals surface area contributed by atoms with E-state index < -0.39 is 0 Å². The van der Waals surface area contributed by atoms with Crippen LogP contribution in [0.4, 0.5) is 0 Å². The number of benzene rings is 2. The Balaban J connectivity index is 1.48. The van der Waals surface area contributed by atoms with Gasteiger partial charge >= 0.3 is 0 Å². The van der Waals surface area contributed by atoms with Crippen molar-refractivity contribution in [2.24, 2.45) is 0 Å². The third kappa shape index (κ3) is 4.69. The number of ether oxygens (including phenoxy) is 1. The number of aromatic nitrogens is 2. The van der Waals surface area contributed by atoms with E-state index in [4.69, 9.17) is 14.1 Å². The van der Waals surface area contributed by atoms with E-state index in [0.29, 0.717) is 12.5 Å².